The zero-order chi connectivity index (χ0) is 13.8. The number of benzene rings is 2. The molecule has 2 nitrogen and oxygen atoms in total. The fourth-order valence-electron chi connectivity index (χ4n) is 2.08. The summed E-state index contributed by atoms with van der Waals surface area (Å²) in [5, 5.41) is 0. The van der Waals surface area contributed by atoms with Gasteiger partial charge in [0.25, 0.3) is 0 Å². The topological polar surface area (TPSA) is 35.2 Å². The summed E-state index contributed by atoms with van der Waals surface area (Å²) in [6.45, 7) is 6.72. The van der Waals surface area contributed by atoms with E-state index in [0.29, 0.717) is 6.61 Å². The lowest BCUT2D eigenvalue weighted by atomic mass is 10.0. The van der Waals surface area contributed by atoms with Crippen molar-refractivity contribution in [3.05, 3.63) is 64.7 Å². The molecule has 2 aromatic carbocycles. The van der Waals surface area contributed by atoms with Crippen molar-refractivity contribution in [1.29, 1.82) is 0 Å². The fraction of sp³-hybridized carbons (Fsp3) is 0.294. The van der Waals surface area contributed by atoms with Gasteiger partial charge in [0.1, 0.15) is 12.4 Å². The van der Waals surface area contributed by atoms with E-state index in [2.05, 4.69) is 38.1 Å². The predicted molar refractivity (Wildman–Crippen MR) is 79.3 cm³/mol. The highest BCUT2D eigenvalue weighted by Crippen LogP contribution is 2.26. The van der Waals surface area contributed by atoms with Gasteiger partial charge < -0.3 is 10.5 Å². The van der Waals surface area contributed by atoms with Crippen molar-refractivity contribution >= 4 is 0 Å². The van der Waals surface area contributed by atoms with Crippen LogP contribution in [0.3, 0.4) is 0 Å². The number of rotatable bonds is 4. The van der Waals surface area contributed by atoms with Gasteiger partial charge in [-0.3, -0.25) is 0 Å². The largest absolute Gasteiger partial charge is 0.489 e. The Morgan fingerprint density at radius 3 is 2.53 bits per heavy atom. The summed E-state index contributed by atoms with van der Waals surface area (Å²) in [5.74, 6) is 0.879. The molecule has 0 spiro atoms. The Morgan fingerprint density at radius 1 is 1.11 bits per heavy atom. The molecule has 1 unspecified atom stereocenters. The molecule has 2 aromatic rings. The second-order valence-corrected chi connectivity index (χ2v) is 5.05. The maximum Gasteiger partial charge on any atom is 0.124 e. The molecule has 2 heteroatoms. The van der Waals surface area contributed by atoms with Gasteiger partial charge in [0.2, 0.25) is 0 Å². The van der Waals surface area contributed by atoms with Gasteiger partial charge in [0.05, 0.1) is 0 Å². The van der Waals surface area contributed by atoms with Crippen LogP contribution in [0.25, 0.3) is 0 Å². The van der Waals surface area contributed by atoms with Crippen LogP contribution in [0.5, 0.6) is 5.75 Å². The maximum absolute atomic E-state index is 6.00. The molecule has 0 aliphatic heterocycles. The molecule has 0 saturated carbocycles. The SMILES string of the molecule is Cc1ccc(OCc2ccccc2C)c(C(C)N)c1. The van der Waals surface area contributed by atoms with Gasteiger partial charge in [-0.15, -0.1) is 0 Å². The van der Waals surface area contributed by atoms with Gasteiger partial charge in [-0.2, -0.15) is 0 Å². The van der Waals surface area contributed by atoms with Gasteiger partial charge in [-0.25, -0.2) is 0 Å². The lowest BCUT2D eigenvalue weighted by Crippen LogP contribution is -2.08. The third kappa shape index (κ3) is 3.36. The Bertz CT molecular complexity index is 561. The minimum atomic E-state index is -0.0215. The van der Waals surface area contributed by atoms with Crippen LogP contribution < -0.4 is 10.5 Å². The Kier molecular flexibility index (Phi) is 4.23. The Morgan fingerprint density at radius 2 is 1.84 bits per heavy atom. The molecule has 0 radical (unpaired) electrons. The first kappa shape index (κ1) is 13.6. The van der Waals surface area contributed by atoms with Gasteiger partial charge in [0.15, 0.2) is 0 Å². The second-order valence-electron chi connectivity index (χ2n) is 5.05. The van der Waals surface area contributed by atoms with Crippen molar-refractivity contribution in [3.8, 4) is 5.75 Å². The molecular weight excluding hydrogens is 234 g/mol. The molecule has 0 saturated heterocycles. The van der Waals surface area contributed by atoms with E-state index in [-0.39, 0.29) is 6.04 Å². The van der Waals surface area contributed by atoms with Crippen molar-refractivity contribution in [2.75, 3.05) is 0 Å². The molecule has 1 atom stereocenters. The Balaban J connectivity index is 2.18. The third-order valence-electron chi connectivity index (χ3n) is 3.30. The standard InChI is InChI=1S/C17H21NO/c1-12-8-9-17(16(10-12)14(3)18)19-11-15-7-5-4-6-13(15)2/h4-10,14H,11,18H2,1-3H3. The molecule has 0 amide bonds. The molecule has 0 fully saturated rings. The summed E-state index contributed by atoms with van der Waals surface area (Å²) in [4.78, 5) is 0. The summed E-state index contributed by atoms with van der Waals surface area (Å²) in [5.41, 5.74) is 10.7. The van der Waals surface area contributed by atoms with Crippen molar-refractivity contribution in [2.24, 2.45) is 5.73 Å². The second kappa shape index (κ2) is 5.89. The number of aryl methyl sites for hydroxylation is 2. The number of ether oxygens (including phenoxy) is 1. The minimum Gasteiger partial charge on any atom is -0.489 e. The van der Waals surface area contributed by atoms with Crippen molar-refractivity contribution in [1.82, 2.24) is 0 Å². The van der Waals surface area contributed by atoms with Gasteiger partial charge in [0, 0.05) is 11.6 Å². The van der Waals surface area contributed by atoms with Crippen LogP contribution in [0, 0.1) is 13.8 Å². The van der Waals surface area contributed by atoms with Crippen LogP contribution in [0.15, 0.2) is 42.5 Å². The molecule has 19 heavy (non-hydrogen) atoms. The lowest BCUT2D eigenvalue weighted by molar-refractivity contribution is 0.300. The van der Waals surface area contributed by atoms with E-state index in [4.69, 9.17) is 10.5 Å². The van der Waals surface area contributed by atoms with Crippen molar-refractivity contribution < 1.29 is 4.74 Å². The van der Waals surface area contributed by atoms with Crippen LogP contribution >= 0.6 is 0 Å². The smallest absolute Gasteiger partial charge is 0.124 e. The zero-order valence-corrected chi connectivity index (χ0v) is 11.8. The highest BCUT2D eigenvalue weighted by molar-refractivity contribution is 5.39. The first-order chi connectivity index (χ1) is 9.08. The monoisotopic (exact) mass is 255 g/mol. The summed E-state index contributed by atoms with van der Waals surface area (Å²) >= 11 is 0. The molecule has 100 valence electrons. The molecule has 2 N–H and O–H groups in total. The summed E-state index contributed by atoms with van der Waals surface area (Å²) in [7, 11) is 0. The Hall–Kier alpha value is -1.80. The van der Waals surface area contributed by atoms with E-state index in [1.54, 1.807) is 0 Å². The van der Waals surface area contributed by atoms with Crippen molar-refractivity contribution in [3.63, 3.8) is 0 Å². The zero-order valence-electron chi connectivity index (χ0n) is 11.8. The number of hydrogen-bond donors (Lipinski definition) is 1. The highest BCUT2D eigenvalue weighted by atomic mass is 16.5. The van der Waals surface area contributed by atoms with Crippen LogP contribution in [0.1, 0.15) is 35.2 Å². The Labute approximate surface area is 115 Å². The summed E-state index contributed by atoms with van der Waals surface area (Å²) < 4.78 is 5.94. The summed E-state index contributed by atoms with van der Waals surface area (Å²) in [6, 6.07) is 14.4. The van der Waals surface area contributed by atoms with E-state index in [1.807, 2.05) is 25.1 Å². The fourth-order valence-corrected chi connectivity index (χ4v) is 2.08. The van der Waals surface area contributed by atoms with E-state index in [0.717, 1.165) is 11.3 Å². The quantitative estimate of drug-likeness (QED) is 0.899. The molecule has 0 heterocycles. The number of hydrogen-bond acceptors (Lipinski definition) is 2. The van der Waals surface area contributed by atoms with E-state index < -0.39 is 0 Å². The molecule has 2 rings (SSSR count). The first-order valence-corrected chi connectivity index (χ1v) is 6.61. The van der Waals surface area contributed by atoms with Gasteiger partial charge >= 0.3 is 0 Å². The molecule has 0 aliphatic rings. The average Bonchev–Trinajstić information content (AvgIpc) is 2.38. The van der Waals surface area contributed by atoms with Crippen LogP contribution in [0.2, 0.25) is 0 Å². The normalized spacial score (nSPS) is 12.2. The van der Waals surface area contributed by atoms with E-state index in [1.165, 1.54) is 16.7 Å². The molecule has 0 bridgehead atoms. The third-order valence-corrected chi connectivity index (χ3v) is 3.30. The summed E-state index contributed by atoms with van der Waals surface area (Å²) in [6.07, 6.45) is 0. The minimum absolute atomic E-state index is 0.0215. The van der Waals surface area contributed by atoms with Gasteiger partial charge in [-0.1, -0.05) is 42.0 Å². The van der Waals surface area contributed by atoms with Crippen molar-refractivity contribution in [2.45, 2.75) is 33.4 Å². The van der Waals surface area contributed by atoms with Crippen LogP contribution in [-0.4, -0.2) is 0 Å². The van der Waals surface area contributed by atoms with E-state index >= 15 is 0 Å². The average molecular weight is 255 g/mol. The number of nitrogens with two attached hydrogens (primary N) is 1. The van der Waals surface area contributed by atoms with Gasteiger partial charge in [-0.05, 0) is 38.0 Å². The van der Waals surface area contributed by atoms with Crippen LogP contribution in [0.4, 0.5) is 0 Å². The van der Waals surface area contributed by atoms with Crippen LogP contribution in [-0.2, 0) is 6.61 Å². The highest BCUT2D eigenvalue weighted by Gasteiger charge is 2.09. The predicted octanol–water partition coefficient (Wildman–Crippen LogP) is 3.90. The van der Waals surface area contributed by atoms with E-state index in [9.17, 15) is 0 Å². The first-order valence-electron chi connectivity index (χ1n) is 6.61. The molecular formula is C17H21NO. The molecule has 0 aromatic heterocycles. The maximum atomic E-state index is 6.00. The molecule has 0 aliphatic carbocycles. The lowest BCUT2D eigenvalue weighted by Gasteiger charge is -2.15.